The van der Waals surface area contributed by atoms with Crippen LogP contribution in [0.3, 0.4) is 0 Å². The van der Waals surface area contributed by atoms with Gasteiger partial charge in [0.2, 0.25) is 0 Å². The molecule has 1 atom stereocenters. The summed E-state index contributed by atoms with van der Waals surface area (Å²) in [4.78, 5) is 27.4. The SMILES string of the molecule is COCCCN1C(=O)C(=O)/C(=C(/O)c2cc(OC)c(Cl)cc2OC)C1c1ccc(O)c(Cl)c1. The molecule has 33 heavy (non-hydrogen) atoms. The molecule has 2 aromatic rings. The Morgan fingerprint density at radius 2 is 1.73 bits per heavy atom. The lowest BCUT2D eigenvalue weighted by Crippen LogP contribution is -2.31. The van der Waals surface area contributed by atoms with Gasteiger partial charge in [0.15, 0.2) is 0 Å². The molecule has 8 nitrogen and oxygen atoms in total. The fourth-order valence-corrected chi connectivity index (χ4v) is 4.14. The van der Waals surface area contributed by atoms with Crippen molar-refractivity contribution in [2.45, 2.75) is 12.5 Å². The number of methoxy groups -OCH3 is 3. The van der Waals surface area contributed by atoms with Gasteiger partial charge in [-0.2, -0.15) is 0 Å². The number of halogens is 2. The standard InChI is InChI=1S/C23H23Cl2NO7/c1-31-8-4-7-26-20(12-5-6-16(27)14(24)9-12)19(22(29)23(26)30)21(28)13-10-18(33-3)15(25)11-17(13)32-2/h5-6,9-11,20,27-28H,4,7-8H2,1-3H3/b21-19+. The number of carbonyl (C=O) groups is 2. The van der Waals surface area contributed by atoms with Crippen molar-refractivity contribution in [3.8, 4) is 17.2 Å². The van der Waals surface area contributed by atoms with Crippen LogP contribution in [0.15, 0.2) is 35.9 Å². The van der Waals surface area contributed by atoms with Gasteiger partial charge in [0.05, 0.1) is 41.4 Å². The molecule has 0 aliphatic carbocycles. The largest absolute Gasteiger partial charge is 0.507 e. The number of hydrogen-bond acceptors (Lipinski definition) is 7. The summed E-state index contributed by atoms with van der Waals surface area (Å²) in [5, 5.41) is 21.4. The number of amides is 1. The molecule has 1 unspecified atom stereocenters. The van der Waals surface area contributed by atoms with E-state index in [4.69, 9.17) is 37.4 Å². The number of Topliss-reactive ketones (excluding diaryl/α,β-unsaturated/α-hetero) is 1. The van der Waals surface area contributed by atoms with Gasteiger partial charge in [0, 0.05) is 26.3 Å². The Bertz CT molecular complexity index is 1120. The van der Waals surface area contributed by atoms with E-state index in [1.807, 2.05) is 0 Å². The zero-order valence-electron chi connectivity index (χ0n) is 18.2. The van der Waals surface area contributed by atoms with Gasteiger partial charge in [0.25, 0.3) is 11.7 Å². The third-order valence-corrected chi connectivity index (χ3v) is 5.90. The lowest BCUT2D eigenvalue weighted by atomic mass is 9.94. The highest BCUT2D eigenvalue weighted by Crippen LogP contribution is 2.44. The molecule has 2 N–H and O–H groups in total. The Balaban J connectivity index is 2.24. The Morgan fingerprint density at radius 3 is 2.33 bits per heavy atom. The number of aromatic hydroxyl groups is 1. The van der Waals surface area contributed by atoms with Crippen molar-refractivity contribution in [1.82, 2.24) is 4.90 Å². The number of carbonyl (C=O) groups excluding carboxylic acids is 2. The molecule has 1 fully saturated rings. The second-order valence-corrected chi connectivity index (χ2v) is 8.05. The molecule has 0 spiro atoms. The van der Waals surface area contributed by atoms with Gasteiger partial charge >= 0.3 is 0 Å². The van der Waals surface area contributed by atoms with Crippen LogP contribution in [0.5, 0.6) is 17.2 Å². The van der Waals surface area contributed by atoms with Crippen LogP contribution in [-0.4, -0.2) is 61.3 Å². The minimum Gasteiger partial charge on any atom is -0.507 e. The molecule has 1 aliphatic heterocycles. The maximum absolute atomic E-state index is 13.1. The molecule has 0 saturated carbocycles. The summed E-state index contributed by atoms with van der Waals surface area (Å²) in [5.74, 6) is -1.81. The summed E-state index contributed by atoms with van der Waals surface area (Å²) in [6, 6.07) is 6.26. The predicted molar refractivity (Wildman–Crippen MR) is 123 cm³/mol. The summed E-state index contributed by atoms with van der Waals surface area (Å²) >= 11 is 12.3. The Morgan fingerprint density at radius 1 is 1.03 bits per heavy atom. The highest BCUT2D eigenvalue weighted by molar-refractivity contribution is 6.46. The van der Waals surface area contributed by atoms with Crippen molar-refractivity contribution in [2.75, 3.05) is 34.5 Å². The minimum absolute atomic E-state index is 0.0423. The average molecular weight is 496 g/mol. The third-order valence-electron chi connectivity index (χ3n) is 5.30. The van der Waals surface area contributed by atoms with Crippen LogP contribution in [-0.2, 0) is 14.3 Å². The minimum atomic E-state index is -0.952. The van der Waals surface area contributed by atoms with Crippen molar-refractivity contribution >= 4 is 40.7 Å². The summed E-state index contributed by atoms with van der Waals surface area (Å²) in [5.41, 5.74) is 0.418. The molecule has 1 amide bonds. The van der Waals surface area contributed by atoms with Crippen LogP contribution >= 0.6 is 23.2 Å². The van der Waals surface area contributed by atoms with Crippen LogP contribution < -0.4 is 9.47 Å². The van der Waals surface area contributed by atoms with Crippen LogP contribution in [0.25, 0.3) is 5.76 Å². The quantitative estimate of drug-likeness (QED) is 0.245. The molecule has 0 radical (unpaired) electrons. The van der Waals surface area contributed by atoms with Crippen molar-refractivity contribution < 1.29 is 34.0 Å². The van der Waals surface area contributed by atoms with Gasteiger partial charge in [-0.3, -0.25) is 9.59 Å². The molecule has 3 rings (SSSR count). The molecule has 1 heterocycles. The van der Waals surface area contributed by atoms with Gasteiger partial charge in [-0.1, -0.05) is 29.3 Å². The molecule has 1 aliphatic rings. The van der Waals surface area contributed by atoms with Crippen molar-refractivity contribution in [2.24, 2.45) is 0 Å². The second kappa shape index (κ2) is 10.3. The Labute approximate surface area is 200 Å². The zero-order chi connectivity index (χ0) is 24.3. The zero-order valence-corrected chi connectivity index (χ0v) is 19.7. The van der Waals surface area contributed by atoms with E-state index in [1.165, 1.54) is 56.6 Å². The van der Waals surface area contributed by atoms with Gasteiger partial charge in [0.1, 0.15) is 23.0 Å². The van der Waals surface area contributed by atoms with E-state index in [2.05, 4.69) is 0 Å². The van der Waals surface area contributed by atoms with Gasteiger partial charge in [-0.05, 0) is 30.2 Å². The molecular weight excluding hydrogens is 473 g/mol. The monoisotopic (exact) mass is 495 g/mol. The highest BCUT2D eigenvalue weighted by Gasteiger charge is 2.46. The molecule has 10 heteroatoms. The van der Waals surface area contributed by atoms with Crippen LogP contribution in [0.1, 0.15) is 23.6 Å². The van der Waals surface area contributed by atoms with E-state index in [-0.39, 0.29) is 45.0 Å². The van der Waals surface area contributed by atoms with E-state index >= 15 is 0 Å². The maximum Gasteiger partial charge on any atom is 0.295 e. The Hall–Kier alpha value is -2.94. The fourth-order valence-electron chi connectivity index (χ4n) is 3.72. The third kappa shape index (κ3) is 4.73. The van der Waals surface area contributed by atoms with Gasteiger partial charge in [-0.25, -0.2) is 0 Å². The summed E-state index contributed by atoms with van der Waals surface area (Å²) < 4.78 is 15.6. The van der Waals surface area contributed by atoms with Gasteiger partial charge in [-0.15, -0.1) is 0 Å². The summed E-state index contributed by atoms with van der Waals surface area (Å²) in [7, 11) is 4.33. The van der Waals surface area contributed by atoms with E-state index in [0.29, 0.717) is 18.6 Å². The predicted octanol–water partition coefficient (Wildman–Crippen LogP) is 4.17. The van der Waals surface area contributed by atoms with Crippen molar-refractivity contribution in [3.05, 3.63) is 57.1 Å². The number of rotatable bonds is 8. The smallest absolute Gasteiger partial charge is 0.295 e. The molecular formula is C23H23Cl2NO7. The number of aliphatic hydroxyl groups is 1. The molecule has 0 aromatic heterocycles. The maximum atomic E-state index is 13.1. The molecule has 2 aromatic carbocycles. The lowest BCUT2D eigenvalue weighted by Gasteiger charge is -2.25. The first-order chi connectivity index (χ1) is 15.7. The van der Waals surface area contributed by atoms with Crippen molar-refractivity contribution in [1.29, 1.82) is 0 Å². The van der Waals surface area contributed by atoms with Crippen LogP contribution in [0, 0.1) is 0 Å². The summed E-state index contributed by atoms with van der Waals surface area (Å²) in [6.07, 6.45) is 0.462. The topological polar surface area (TPSA) is 106 Å². The fraction of sp³-hybridized carbons (Fsp3) is 0.304. The van der Waals surface area contributed by atoms with Crippen LogP contribution in [0.4, 0.5) is 0 Å². The highest BCUT2D eigenvalue weighted by atomic mass is 35.5. The number of phenols is 1. The second-order valence-electron chi connectivity index (χ2n) is 7.24. The van der Waals surface area contributed by atoms with E-state index < -0.39 is 23.5 Å². The number of nitrogens with zero attached hydrogens (tertiary/aromatic N) is 1. The lowest BCUT2D eigenvalue weighted by molar-refractivity contribution is -0.140. The van der Waals surface area contributed by atoms with Gasteiger partial charge < -0.3 is 29.3 Å². The first kappa shape index (κ1) is 24.7. The van der Waals surface area contributed by atoms with E-state index in [9.17, 15) is 19.8 Å². The number of ether oxygens (including phenoxy) is 3. The summed E-state index contributed by atoms with van der Waals surface area (Å²) in [6.45, 7) is 0.563. The number of phenolic OH excluding ortho intramolecular Hbond substituents is 1. The van der Waals surface area contributed by atoms with E-state index in [1.54, 1.807) is 0 Å². The number of aliphatic hydroxyl groups excluding tert-OH is 1. The molecule has 0 bridgehead atoms. The van der Waals surface area contributed by atoms with Crippen molar-refractivity contribution in [3.63, 3.8) is 0 Å². The first-order valence-electron chi connectivity index (χ1n) is 9.92. The van der Waals surface area contributed by atoms with E-state index in [0.717, 1.165) is 0 Å². The molecule has 176 valence electrons. The average Bonchev–Trinajstić information content (AvgIpc) is 3.05. The normalized spacial score (nSPS) is 17.5. The van der Waals surface area contributed by atoms with Crippen LogP contribution in [0.2, 0.25) is 10.0 Å². The first-order valence-corrected chi connectivity index (χ1v) is 10.7. The number of ketones is 1. The molecule has 1 saturated heterocycles. The number of hydrogen-bond donors (Lipinski definition) is 2. The number of likely N-dealkylation sites (tertiary alicyclic amines) is 1. The number of benzene rings is 2. The Kier molecular flexibility index (Phi) is 7.73.